The Morgan fingerprint density at radius 1 is 1.03 bits per heavy atom. The quantitative estimate of drug-likeness (QED) is 0.295. The van der Waals surface area contributed by atoms with E-state index in [2.05, 4.69) is 60.0 Å². The molecule has 1 aliphatic heterocycles. The van der Waals surface area contributed by atoms with Gasteiger partial charge in [-0.05, 0) is 105 Å². The highest BCUT2D eigenvalue weighted by Gasteiger charge is 2.50. The molecule has 3 atom stereocenters. The molecule has 1 saturated heterocycles. The number of carbonyl (C=O) groups excluding carboxylic acids is 1. The van der Waals surface area contributed by atoms with Crippen LogP contribution in [0, 0.1) is 17.8 Å². The van der Waals surface area contributed by atoms with E-state index in [9.17, 15) is 9.90 Å². The Hall–Kier alpha value is -2.33. The summed E-state index contributed by atoms with van der Waals surface area (Å²) in [6.07, 6.45) is 12.2. The predicted molar refractivity (Wildman–Crippen MR) is 160 cm³/mol. The zero-order chi connectivity index (χ0) is 27.2. The van der Waals surface area contributed by atoms with Crippen molar-refractivity contribution in [2.24, 2.45) is 17.8 Å². The lowest BCUT2D eigenvalue weighted by Crippen LogP contribution is -2.57. The third-order valence-electron chi connectivity index (χ3n) is 9.74. The van der Waals surface area contributed by atoms with E-state index < -0.39 is 0 Å². The minimum absolute atomic E-state index is 0.0485. The molecule has 2 aliphatic carbocycles. The van der Waals surface area contributed by atoms with Crippen LogP contribution < -0.4 is 0 Å². The van der Waals surface area contributed by atoms with Crippen LogP contribution in [0.25, 0.3) is 0 Å². The molecule has 3 fully saturated rings. The van der Waals surface area contributed by atoms with Crippen LogP contribution >= 0.6 is 0 Å². The van der Waals surface area contributed by atoms with Gasteiger partial charge >= 0.3 is 0 Å². The number of rotatable bonds is 12. The molecule has 0 bridgehead atoms. The molecule has 0 aromatic heterocycles. The molecule has 0 unspecified atom stereocenters. The van der Waals surface area contributed by atoms with E-state index >= 15 is 0 Å². The molecule has 1 heterocycles. The Morgan fingerprint density at radius 3 is 2.59 bits per heavy atom. The van der Waals surface area contributed by atoms with Gasteiger partial charge < -0.3 is 14.9 Å². The number of aromatic hydroxyl groups is 1. The van der Waals surface area contributed by atoms with E-state index in [4.69, 9.17) is 0 Å². The summed E-state index contributed by atoms with van der Waals surface area (Å²) in [5.41, 5.74) is 2.73. The van der Waals surface area contributed by atoms with Crippen molar-refractivity contribution in [1.82, 2.24) is 9.80 Å². The van der Waals surface area contributed by atoms with Gasteiger partial charge in [0, 0.05) is 37.5 Å². The van der Waals surface area contributed by atoms with Crippen LogP contribution in [0.1, 0.15) is 89.2 Å². The van der Waals surface area contributed by atoms with E-state index in [0.29, 0.717) is 29.9 Å². The highest BCUT2D eigenvalue weighted by Crippen LogP contribution is 2.51. The maximum Gasteiger partial charge on any atom is 0.222 e. The average molecular weight is 531 g/mol. The highest BCUT2D eigenvalue weighted by molar-refractivity contribution is 5.76. The molecule has 0 radical (unpaired) electrons. The van der Waals surface area contributed by atoms with E-state index in [-0.39, 0.29) is 11.5 Å². The van der Waals surface area contributed by atoms with Gasteiger partial charge in [-0.3, -0.25) is 4.79 Å². The summed E-state index contributed by atoms with van der Waals surface area (Å²) in [5, 5.41) is 10.4. The number of amides is 1. The molecule has 212 valence electrons. The summed E-state index contributed by atoms with van der Waals surface area (Å²) in [6, 6.07) is 19.1. The Morgan fingerprint density at radius 2 is 1.85 bits per heavy atom. The van der Waals surface area contributed by atoms with E-state index in [0.717, 1.165) is 64.0 Å². The lowest BCUT2D eigenvalue weighted by atomic mass is 9.57. The molecule has 1 amide bonds. The predicted octanol–water partition coefficient (Wildman–Crippen LogP) is 7.20. The fourth-order valence-corrected chi connectivity index (χ4v) is 7.52. The Labute approximate surface area is 236 Å². The molecule has 4 heteroatoms. The molecule has 2 aromatic carbocycles. The molecular formula is C35H50N2O2. The van der Waals surface area contributed by atoms with Gasteiger partial charge in [-0.15, -0.1) is 0 Å². The van der Waals surface area contributed by atoms with E-state index in [1.165, 1.54) is 43.5 Å². The van der Waals surface area contributed by atoms with Crippen LogP contribution in [-0.2, 0) is 16.6 Å². The largest absolute Gasteiger partial charge is 0.508 e. The van der Waals surface area contributed by atoms with Crippen LogP contribution in [0.4, 0.5) is 0 Å². The van der Waals surface area contributed by atoms with Gasteiger partial charge in [-0.25, -0.2) is 0 Å². The number of piperidine rings is 1. The van der Waals surface area contributed by atoms with Crippen molar-refractivity contribution in [3.8, 4) is 5.75 Å². The lowest BCUT2D eigenvalue weighted by Gasteiger charge is -2.55. The second kappa shape index (κ2) is 12.9. The topological polar surface area (TPSA) is 43.8 Å². The van der Waals surface area contributed by atoms with Crippen LogP contribution in [0.5, 0.6) is 5.75 Å². The summed E-state index contributed by atoms with van der Waals surface area (Å²) in [7, 11) is 0. The molecule has 0 spiro atoms. The third-order valence-corrected chi connectivity index (χ3v) is 9.74. The number of hydrogen-bond donors (Lipinski definition) is 1. The molecule has 2 saturated carbocycles. The van der Waals surface area contributed by atoms with Crippen molar-refractivity contribution >= 4 is 5.91 Å². The fourth-order valence-electron chi connectivity index (χ4n) is 7.52. The number of carbonyl (C=O) groups is 1. The first-order chi connectivity index (χ1) is 18.9. The summed E-state index contributed by atoms with van der Waals surface area (Å²) < 4.78 is 0. The maximum atomic E-state index is 13.7. The molecule has 3 aliphatic rings. The van der Waals surface area contributed by atoms with Crippen molar-refractivity contribution in [2.45, 2.75) is 95.9 Å². The molecule has 4 nitrogen and oxygen atoms in total. The summed E-state index contributed by atoms with van der Waals surface area (Å²) in [6.45, 7) is 8.90. The Bertz CT molecular complexity index is 1070. The van der Waals surface area contributed by atoms with Gasteiger partial charge in [0.2, 0.25) is 5.91 Å². The molecule has 39 heavy (non-hydrogen) atoms. The first-order valence-corrected chi connectivity index (χ1v) is 15.8. The van der Waals surface area contributed by atoms with Crippen molar-refractivity contribution in [3.05, 3.63) is 65.7 Å². The smallest absolute Gasteiger partial charge is 0.222 e. The minimum Gasteiger partial charge on any atom is -0.508 e. The molecule has 2 aromatic rings. The molecular weight excluding hydrogens is 480 g/mol. The number of phenols is 1. The molecule has 1 N–H and O–H groups in total. The zero-order valence-electron chi connectivity index (χ0n) is 24.4. The van der Waals surface area contributed by atoms with Crippen molar-refractivity contribution in [2.75, 3.05) is 26.2 Å². The number of aryl methyl sites for hydroxylation is 1. The van der Waals surface area contributed by atoms with Gasteiger partial charge in [0.1, 0.15) is 5.75 Å². The summed E-state index contributed by atoms with van der Waals surface area (Å²) in [5.74, 6) is 2.69. The zero-order valence-corrected chi connectivity index (χ0v) is 24.4. The van der Waals surface area contributed by atoms with Crippen molar-refractivity contribution in [1.29, 1.82) is 0 Å². The Balaban J connectivity index is 1.26. The van der Waals surface area contributed by atoms with Gasteiger partial charge in [0.15, 0.2) is 0 Å². The average Bonchev–Trinajstić information content (AvgIpc) is 3.76. The number of fused-ring (bicyclic) bond motifs is 1. The standard InChI is InChI=1S/C35H50N2O2/c1-27(2)24-37(34(39)15-8-4-7-12-28-10-5-3-6-11-28)32-19-18-31-26-36(25-29-16-17-29)21-20-35(31,23-32)30-13-9-14-33(38)22-30/h3,5-6,9-11,13-14,22,27,29,31-32,38H,4,7-8,12,15-21,23-26H2,1-2H3/t31-,32+,35+/m1/s1. The summed E-state index contributed by atoms with van der Waals surface area (Å²) in [4.78, 5) is 18.7. The van der Waals surface area contributed by atoms with Gasteiger partial charge in [-0.1, -0.05) is 62.7 Å². The summed E-state index contributed by atoms with van der Waals surface area (Å²) >= 11 is 0. The molecule has 5 rings (SSSR count). The fraction of sp³-hybridized carbons (Fsp3) is 0.629. The second-order valence-corrected chi connectivity index (χ2v) is 13.3. The number of phenolic OH excluding ortho intramolecular Hbond substituents is 1. The number of nitrogens with zero attached hydrogens (tertiary/aromatic N) is 2. The number of benzene rings is 2. The van der Waals surface area contributed by atoms with E-state index in [1.54, 1.807) is 6.07 Å². The monoisotopic (exact) mass is 530 g/mol. The minimum atomic E-state index is 0.0485. The lowest BCUT2D eigenvalue weighted by molar-refractivity contribution is -0.136. The van der Waals surface area contributed by atoms with Crippen molar-refractivity contribution < 1.29 is 9.90 Å². The van der Waals surface area contributed by atoms with Gasteiger partial charge in [0.25, 0.3) is 0 Å². The van der Waals surface area contributed by atoms with Crippen LogP contribution in [-0.4, -0.2) is 53.0 Å². The SMILES string of the molecule is CC(C)CN(C(=O)CCCCCc1ccccc1)[C@H]1CC[C@@H]2CN(CC3CC3)CC[C@@]2(c2cccc(O)c2)C1. The van der Waals surface area contributed by atoms with Crippen LogP contribution in [0.2, 0.25) is 0 Å². The Kier molecular flexibility index (Phi) is 9.32. The van der Waals surface area contributed by atoms with Crippen LogP contribution in [0.3, 0.4) is 0 Å². The second-order valence-electron chi connectivity index (χ2n) is 13.3. The number of unbranched alkanes of at least 4 members (excludes halogenated alkanes) is 2. The van der Waals surface area contributed by atoms with Crippen molar-refractivity contribution in [3.63, 3.8) is 0 Å². The number of hydrogen-bond acceptors (Lipinski definition) is 3. The highest BCUT2D eigenvalue weighted by atomic mass is 16.3. The first-order valence-electron chi connectivity index (χ1n) is 15.8. The van der Waals surface area contributed by atoms with Crippen LogP contribution in [0.15, 0.2) is 54.6 Å². The maximum absolute atomic E-state index is 13.7. The third kappa shape index (κ3) is 7.25. The van der Waals surface area contributed by atoms with Gasteiger partial charge in [-0.2, -0.15) is 0 Å². The first kappa shape index (κ1) is 28.2. The van der Waals surface area contributed by atoms with Gasteiger partial charge in [0.05, 0.1) is 0 Å². The van der Waals surface area contributed by atoms with E-state index in [1.807, 2.05) is 12.1 Å². The normalized spacial score (nSPS) is 25.4. The number of likely N-dealkylation sites (tertiary alicyclic amines) is 1.